The quantitative estimate of drug-likeness (QED) is 0.806. The van der Waals surface area contributed by atoms with Gasteiger partial charge in [0.1, 0.15) is 5.75 Å². The molecular weight excluding hydrogens is 325 g/mol. The van der Waals surface area contributed by atoms with Gasteiger partial charge in [0.2, 0.25) is 11.6 Å². The first-order valence-electron chi connectivity index (χ1n) is 7.41. The lowest BCUT2D eigenvalue weighted by atomic mass is 10.1. The Labute approximate surface area is 139 Å². The van der Waals surface area contributed by atoms with Crippen LogP contribution in [0.15, 0.2) is 18.2 Å². The zero-order valence-corrected chi connectivity index (χ0v) is 13.6. The van der Waals surface area contributed by atoms with Crippen molar-refractivity contribution in [3.63, 3.8) is 0 Å². The number of alkyl halides is 1. The normalized spacial score (nSPS) is 20.6. The third-order valence-electron chi connectivity index (χ3n) is 3.89. The number of carboxylic acids is 1. The summed E-state index contributed by atoms with van der Waals surface area (Å²) < 4.78 is 19.4. The Morgan fingerprint density at radius 2 is 2.22 bits per heavy atom. The van der Waals surface area contributed by atoms with Gasteiger partial charge in [0.25, 0.3) is 0 Å². The van der Waals surface area contributed by atoms with Gasteiger partial charge in [-0.25, -0.2) is 9.18 Å². The van der Waals surface area contributed by atoms with Crippen LogP contribution in [0.25, 0.3) is 0 Å². The predicted molar refractivity (Wildman–Crippen MR) is 83.6 cm³/mol. The summed E-state index contributed by atoms with van der Waals surface area (Å²) >= 11 is 5.92. The first kappa shape index (κ1) is 17.5. The Kier molecular flexibility index (Phi) is 5.46. The number of amides is 1. The Bertz CT molecular complexity index is 610. The molecule has 2 rings (SSSR count). The average Bonchev–Trinajstić information content (AvgIpc) is 2.91. The lowest BCUT2D eigenvalue weighted by Gasteiger charge is -2.17. The van der Waals surface area contributed by atoms with E-state index in [-0.39, 0.29) is 31.8 Å². The highest BCUT2D eigenvalue weighted by Gasteiger charge is 2.46. The first-order valence-corrected chi connectivity index (χ1v) is 7.79. The Morgan fingerprint density at radius 1 is 1.48 bits per heavy atom. The van der Waals surface area contributed by atoms with E-state index in [9.17, 15) is 14.0 Å². The molecule has 1 aromatic carbocycles. The van der Waals surface area contributed by atoms with Gasteiger partial charge >= 0.3 is 5.97 Å². The molecule has 1 fully saturated rings. The summed E-state index contributed by atoms with van der Waals surface area (Å²) in [5.41, 5.74) is -1.40. The number of carbonyl (C=O) groups excluding carboxylic acids is 1. The summed E-state index contributed by atoms with van der Waals surface area (Å²) in [4.78, 5) is 24.0. The molecule has 0 saturated carbocycles. The summed E-state index contributed by atoms with van der Waals surface area (Å²) in [6, 6.07) is 5.31. The van der Waals surface area contributed by atoms with Gasteiger partial charge in [-0.1, -0.05) is 11.6 Å². The highest BCUT2D eigenvalue weighted by Crippen LogP contribution is 2.26. The largest absolute Gasteiger partial charge is 0.494 e. The molecule has 1 heterocycles. The van der Waals surface area contributed by atoms with Gasteiger partial charge in [0.15, 0.2) is 0 Å². The van der Waals surface area contributed by atoms with Crippen molar-refractivity contribution in [2.75, 3.05) is 19.7 Å². The predicted octanol–water partition coefficient (Wildman–Crippen LogP) is 2.83. The molecule has 7 heteroatoms. The maximum atomic E-state index is 13.9. The minimum Gasteiger partial charge on any atom is -0.494 e. The monoisotopic (exact) mass is 343 g/mol. The summed E-state index contributed by atoms with van der Waals surface area (Å²) in [5.74, 6) is -1.08. The van der Waals surface area contributed by atoms with Crippen LogP contribution >= 0.6 is 11.6 Å². The van der Waals surface area contributed by atoms with E-state index in [1.807, 2.05) is 13.0 Å². The number of aliphatic carboxylic acids is 1. The number of likely N-dealkylation sites (tertiary alicyclic amines) is 1. The fourth-order valence-corrected chi connectivity index (χ4v) is 2.56. The Hall–Kier alpha value is -1.82. The van der Waals surface area contributed by atoms with Gasteiger partial charge in [-0.15, -0.1) is 0 Å². The van der Waals surface area contributed by atoms with Crippen LogP contribution in [0, 0.1) is 6.92 Å². The summed E-state index contributed by atoms with van der Waals surface area (Å²) in [5, 5.41) is 9.47. The molecule has 1 unspecified atom stereocenters. The van der Waals surface area contributed by atoms with Crippen molar-refractivity contribution < 1.29 is 23.8 Å². The SMILES string of the molecule is Cc1cc(OCCCC(=O)N2CCC(F)(C(=O)O)C2)ccc1Cl. The van der Waals surface area contributed by atoms with E-state index in [1.54, 1.807) is 12.1 Å². The number of halogens is 2. The molecule has 5 nitrogen and oxygen atoms in total. The molecule has 23 heavy (non-hydrogen) atoms. The van der Waals surface area contributed by atoms with Crippen LogP contribution in [0.5, 0.6) is 5.75 Å². The number of aryl methyl sites for hydroxylation is 1. The average molecular weight is 344 g/mol. The number of carboxylic acid groups (broad SMARTS) is 1. The summed E-state index contributed by atoms with van der Waals surface area (Å²) in [6.45, 7) is 1.98. The lowest BCUT2D eigenvalue weighted by Crippen LogP contribution is -2.38. The van der Waals surface area contributed by atoms with E-state index in [0.29, 0.717) is 23.8 Å². The molecule has 0 spiro atoms. The van der Waals surface area contributed by atoms with E-state index < -0.39 is 11.6 Å². The van der Waals surface area contributed by atoms with Gasteiger partial charge in [0.05, 0.1) is 13.2 Å². The molecule has 0 aromatic heterocycles. The topological polar surface area (TPSA) is 66.8 Å². The van der Waals surface area contributed by atoms with E-state index in [0.717, 1.165) is 5.56 Å². The Balaban J connectivity index is 1.73. The smallest absolute Gasteiger partial charge is 0.343 e. The number of hydrogen-bond acceptors (Lipinski definition) is 3. The standard InChI is InChI=1S/C16H19ClFNO4/c1-11-9-12(4-5-13(11)17)23-8-2-3-14(20)19-7-6-16(18,10-19)15(21)22/h4-5,9H,2-3,6-8,10H2,1H3,(H,21,22). The second kappa shape index (κ2) is 7.17. The fourth-order valence-electron chi connectivity index (χ4n) is 2.44. The molecule has 1 saturated heterocycles. The molecule has 1 amide bonds. The number of benzene rings is 1. The second-order valence-corrected chi connectivity index (χ2v) is 6.11. The molecule has 1 atom stereocenters. The van der Waals surface area contributed by atoms with E-state index in [2.05, 4.69) is 0 Å². The molecule has 1 aliphatic heterocycles. The highest BCUT2D eigenvalue weighted by atomic mass is 35.5. The van der Waals surface area contributed by atoms with Crippen molar-refractivity contribution in [3.8, 4) is 5.75 Å². The molecule has 0 aliphatic carbocycles. The lowest BCUT2D eigenvalue weighted by molar-refractivity contribution is -0.150. The van der Waals surface area contributed by atoms with Crippen molar-refractivity contribution in [3.05, 3.63) is 28.8 Å². The van der Waals surface area contributed by atoms with Crippen LogP contribution in [0.2, 0.25) is 5.02 Å². The van der Waals surface area contributed by atoms with Crippen LogP contribution in [-0.4, -0.2) is 47.2 Å². The van der Waals surface area contributed by atoms with E-state index in [4.69, 9.17) is 21.4 Å². The number of hydrogen-bond donors (Lipinski definition) is 1. The molecule has 1 aliphatic rings. The minimum absolute atomic E-state index is 0.138. The summed E-state index contributed by atoms with van der Waals surface area (Å²) in [6.07, 6.45) is 0.514. The zero-order chi connectivity index (χ0) is 17.0. The third-order valence-corrected chi connectivity index (χ3v) is 4.31. The minimum atomic E-state index is -2.31. The van der Waals surface area contributed by atoms with Crippen molar-refractivity contribution in [2.45, 2.75) is 31.9 Å². The molecule has 0 radical (unpaired) electrons. The molecule has 0 bridgehead atoms. The van der Waals surface area contributed by atoms with E-state index in [1.165, 1.54) is 4.90 Å². The van der Waals surface area contributed by atoms with Crippen LogP contribution in [0.3, 0.4) is 0 Å². The third kappa shape index (κ3) is 4.34. The van der Waals surface area contributed by atoms with Crippen LogP contribution in [0.4, 0.5) is 4.39 Å². The molecule has 1 N–H and O–H groups in total. The number of nitrogens with zero attached hydrogens (tertiary/aromatic N) is 1. The number of carbonyl (C=O) groups is 2. The van der Waals surface area contributed by atoms with Crippen LogP contribution < -0.4 is 4.74 Å². The van der Waals surface area contributed by atoms with Gasteiger partial charge in [-0.3, -0.25) is 4.79 Å². The zero-order valence-electron chi connectivity index (χ0n) is 12.8. The molecule has 126 valence electrons. The van der Waals surface area contributed by atoms with Gasteiger partial charge in [0, 0.05) is 24.4 Å². The summed E-state index contributed by atoms with van der Waals surface area (Å²) in [7, 11) is 0. The first-order chi connectivity index (χ1) is 10.8. The second-order valence-electron chi connectivity index (χ2n) is 5.70. The number of rotatable bonds is 6. The van der Waals surface area contributed by atoms with Crippen molar-refractivity contribution >= 4 is 23.5 Å². The van der Waals surface area contributed by atoms with Gasteiger partial charge in [-0.05, 0) is 37.1 Å². The maximum absolute atomic E-state index is 13.9. The van der Waals surface area contributed by atoms with Gasteiger partial charge < -0.3 is 14.7 Å². The fraction of sp³-hybridized carbons (Fsp3) is 0.500. The maximum Gasteiger partial charge on any atom is 0.343 e. The molecule has 1 aromatic rings. The van der Waals surface area contributed by atoms with Crippen molar-refractivity contribution in [2.24, 2.45) is 0 Å². The number of ether oxygens (including phenoxy) is 1. The molecular formula is C16H19ClFNO4. The highest BCUT2D eigenvalue weighted by molar-refractivity contribution is 6.31. The van der Waals surface area contributed by atoms with Crippen molar-refractivity contribution in [1.29, 1.82) is 0 Å². The van der Waals surface area contributed by atoms with Crippen LogP contribution in [0.1, 0.15) is 24.8 Å². The van der Waals surface area contributed by atoms with Crippen molar-refractivity contribution in [1.82, 2.24) is 4.90 Å². The van der Waals surface area contributed by atoms with E-state index >= 15 is 0 Å². The Morgan fingerprint density at radius 3 is 2.83 bits per heavy atom. The van der Waals surface area contributed by atoms with Gasteiger partial charge in [-0.2, -0.15) is 0 Å². The van der Waals surface area contributed by atoms with Crippen LogP contribution in [-0.2, 0) is 9.59 Å².